The standard InChI is InChI=1S/C12H22N2O5S/c1-9-4-6-14(10(8-9)11(15)16)12(17)13-5-3-7-20(2,18)19/h9-10H,3-8H2,1-2H3,(H,13,17)(H,15,16). The van der Waals surface area contributed by atoms with Crippen molar-refractivity contribution in [3.05, 3.63) is 0 Å². The lowest BCUT2D eigenvalue weighted by molar-refractivity contribution is -0.143. The van der Waals surface area contributed by atoms with Gasteiger partial charge in [0.15, 0.2) is 0 Å². The fourth-order valence-corrected chi connectivity index (χ4v) is 2.92. The molecule has 1 heterocycles. The SMILES string of the molecule is CC1CCN(C(=O)NCCCS(C)(=O)=O)C(C(=O)O)C1. The molecule has 20 heavy (non-hydrogen) atoms. The van der Waals surface area contributed by atoms with Crippen molar-refractivity contribution in [1.29, 1.82) is 0 Å². The van der Waals surface area contributed by atoms with Gasteiger partial charge >= 0.3 is 12.0 Å². The second-order valence-electron chi connectivity index (χ2n) is 5.39. The summed E-state index contributed by atoms with van der Waals surface area (Å²) in [5.41, 5.74) is 0. The maximum absolute atomic E-state index is 11.9. The van der Waals surface area contributed by atoms with E-state index in [1.54, 1.807) is 0 Å². The molecule has 0 aliphatic carbocycles. The maximum atomic E-state index is 11.9. The van der Waals surface area contributed by atoms with Crippen LogP contribution in [0.2, 0.25) is 0 Å². The van der Waals surface area contributed by atoms with Gasteiger partial charge in [0.2, 0.25) is 0 Å². The van der Waals surface area contributed by atoms with Gasteiger partial charge in [0.1, 0.15) is 15.9 Å². The highest BCUT2D eigenvalue weighted by Crippen LogP contribution is 2.22. The molecule has 2 unspecified atom stereocenters. The lowest BCUT2D eigenvalue weighted by Crippen LogP contribution is -2.53. The molecule has 1 rings (SSSR count). The number of rotatable bonds is 5. The predicted molar refractivity (Wildman–Crippen MR) is 74.3 cm³/mol. The van der Waals surface area contributed by atoms with E-state index < -0.39 is 27.9 Å². The fourth-order valence-electron chi connectivity index (χ4n) is 2.25. The third kappa shape index (κ3) is 5.36. The average molecular weight is 306 g/mol. The highest BCUT2D eigenvalue weighted by Gasteiger charge is 2.34. The third-order valence-corrected chi connectivity index (χ3v) is 4.41. The molecule has 0 aromatic rings. The quantitative estimate of drug-likeness (QED) is 0.712. The molecule has 2 amide bonds. The number of carbonyl (C=O) groups is 2. The molecule has 2 N–H and O–H groups in total. The lowest BCUT2D eigenvalue weighted by Gasteiger charge is -2.35. The maximum Gasteiger partial charge on any atom is 0.326 e. The van der Waals surface area contributed by atoms with Crippen LogP contribution in [0.4, 0.5) is 4.79 Å². The van der Waals surface area contributed by atoms with Gasteiger partial charge in [-0.05, 0) is 25.2 Å². The first-order chi connectivity index (χ1) is 9.20. The first-order valence-corrected chi connectivity index (χ1v) is 8.71. The summed E-state index contributed by atoms with van der Waals surface area (Å²) >= 11 is 0. The topological polar surface area (TPSA) is 104 Å². The number of carboxylic acids is 1. The summed E-state index contributed by atoms with van der Waals surface area (Å²) < 4.78 is 21.9. The van der Waals surface area contributed by atoms with Gasteiger partial charge in [-0.25, -0.2) is 18.0 Å². The number of amides is 2. The van der Waals surface area contributed by atoms with E-state index in [0.29, 0.717) is 19.4 Å². The molecule has 0 aromatic heterocycles. The largest absolute Gasteiger partial charge is 0.480 e. The van der Waals surface area contributed by atoms with Crippen LogP contribution in [0.15, 0.2) is 0 Å². The van der Waals surface area contributed by atoms with E-state index in [1.165, 1.54) is 4.90 Å². The van der Waals surface area contributed by atoms with Crippen LogP contribution in [0.5, 0.6) is 0 Å². The molecule has 0 saturated carbocycles. The van der Waals surface area contributed by atoms with Crippen LogP contribution in [0, 0.1) is 5.92 Å². The zero-order valence-electron chi connectivity index (χ0n) is 11.8. The van der Waals surface area contributed by atoms with Gasteiger partial charge in [-0.1, -0.05) is 6.92 Å². The first-order valence-electron chi connectivity index (χ1n) is 6.65. The number of nitrogens with one attached hydrogen (secondary N) is 1. The van der Waals surface area contributed by atoms with Crippen LogP contribution >= 0.6 is 0 Å². The van der Waals surface area contributed by atoms with Crippen molar-refractivity contribution in [2.75, 3.05) is 25.1 Å². The molecule has 1 fully saturated rings. The van der Waals surface area contributed by atoms with Crippen LogP contribution in [-0.2, 0) is 14.6 Å². The van der Waals surface area contributed by atoms with Gasteiger partial charge in [-0.3, -0.25) is 0 Å². The first kappa shape index (κ1) is 16.7. The number of carbonyl (C=O) groups excluding carboxylic acids is 1. The average Bonchev–Trinajstić information content (AvgIpc) is 2.33. The Morgan fingerprint density at radius 2 is 2.05 bits per heavy atom. The number of carboxylic acid groups (broad SMARTS) is 1. The Hall–Kier alpha value is -1.31. The predicted octanol–water partition coefficient (Wildman–Crippen LogP) is 0.316. The number of piperidine rings is 1. The number of aliphatic carboxylic acids is 1. The molecule has 0 spiro atoms. The van der Waals surface area contributed by atoms with Crippen LogP contribution in [0.1, 0.15) is 26.2 Å². The molecule has 0 radical (unpaired) electrons. The molecule has 116 valence electrons. The molecule has 1 aliphatic rings. The van der Waals surface area contributed by atoms with Crippen LogP contribution in [-0.4, -0.2) is 61.6 Å². The van der Waals surface area contributed by atoms with E-state index in [9.17, 15) is 18.0 Å². The Balaban J connectivity index is 2.47. The van der Waals surface area contributed by atoms with Gasteiger partial charge in [0, 0.05) is 19.3 Å². The van der Waals surface area contributed by atoms with Crippen molar-refractivity contribution in [2.45, 2.75) is 32.2 Å². The Morgan fingerprint density at radius 1 is 1.40 bits per heavy atom. The zero-order chi connectivity index (χ0) is 15.3. The number of sulfone groups is 1. The molecule has 7 nitrogen and oxygen atoms in total. The summed E-state index contributed by atoms with van der Waals surface area (Å²) in [6.45, 7) is 2.61. The lowest BCUT2D eigenvalue weighted by atomic mass is 9.93. The van der Waals surface area contributed by atoms with E-state index in [0.717, 1.165) is 12.7 Å². The smallest absolute Gasteiger partial charge is 0.326 e. The summed E-state index contributed by atoms with van der Waals surface area (Å²) in [7, 11) is -3.04. The normalized spacial score (nSPS) is 23.4. The number of urea groups is 1. The number of likely N-dealkylation sites (tertiary alicyclic amines) is 1. The van der Waals surface area contributed by atoms with Crippen molar-refractivity contribution in [1.82, 2.24) is 10.2 Å². The van der Waals surface area contributed by atoms with E-state index >= 15 is 0 Å². The number of hydrogen-bond donors (Lipinski definition) is 2. The third-order valence-electron chi connectivity index (χ3n) is 3.38. The monoisotopic (exact) mass is 306 g/mol. The van der Waals surface area contributed by atoms with Gasteiger partial charge in [0.05, 0.1) is 5.75 Å². The van der Waals surface area contributed by atoms with Crippen molar-refractivity contribution in [2.24, 2.45) is 5.92 Å². The highest BCUT2D eigenvalue weighted by atomic mass is 32.2. The summed E-state index contributed by atoms with van der Waals surface area (Å²) in [5.74, 6) is -0.708. The molecule has 0 bridgehead atoms. The van der Waals surface area contributed by atoms with Gasteiger partial charge in [0.25, 0.3) is 0 Å². The molecule has 2 atom stereocenters. The Kier molecular flexibility index (Phi) is 5.79. The summed E-state index contributed by atoms with van der Waals surface area (Å²) in [5, 5.41) is 11.7. The minimum atomic E-state index is -3.04. The summed E-state index contributed by atoms with van der Waals surface area (Å²) in [4.78, 5) is 24.4. The van der Waals surface area contributed by atoms with Crippen LogP contribution in [0.25, 0.3) is 0 Å². The van der Waals surface area contributed by atoms with E-state index in [-0.39, 0.29) is 18.2 Å². The van der Waals surface area contributed by atoms with Gasteiger partial charge in [-0.15, -0.1) is 0 Å². The van der Waals surface area contributed by atoms with Gasteiger partial charge in [-0.2, -0.15) is 0 Å². The van der Waals surface area contributed by atoms with Crippen LogP contribution < -0.4 is 5.32 Å². The molecule has 1 aliphatic heterocycles. The minimum Gasteiger partial charge on any atom is -0.480 e. The summed E-state index contributed by atoms with van der Waals surface area (Å²) in [6.07, 6.45) is 2.69. The van der Waals surface area contributed by atoms with Crippen molar-refractivity contribution in [3.63, 3.8) is 0 Å². The Bertz CT molecular complexity index is 462. The van der Waals surface area contributed by atoms with Crippen molar-refractivity contribution in [3.8, 4) is 0 Å². The highest BCUT2D eigenvalue weighted by molar-refractivity contribution is 7.90. The molecule has 8 heteroatoms. The van der Waals surface area contributed by atoms with E-state index in [4.69, 9.17) is 5.11 Å². The van der Waals surface area contributed by atoms with Crippen LogP contribution in [0.3, 0.4) is 0 Å². The second kappa shape index (κ2) is 6.92. The number of hydrogen-bond acceptors (Lipinski definition) is 4. The second-order valence-corrected chi connectivity index (χ2v) is 7.65. The Labute approximate surface area is 119 Å². The molecule has 0 aromatic carbocycles. The molecular weight excluding hydrogens is 284 g/mol. The Morgan fingerprint density at radius 3 is 2.60 bits per heavy atom. The minimum absolute atomic E-state index is 0.00662. The molecule has 1 saturated heterocycles. The van der Waals surface area contributed by atoms with Crippen molar-refractivity contribution < 1.29 is 23.1 Å². The van der Waals surface area contributed by atoms with Crippen molar-refractivity contribution >= 4 is 21.8 Å². The van der Waals surface area contributed by atoms with Gasteiger partial charge < -0.3 is 15.3 Å². The zero-order valence-corrected chi connectivity index (χ0v) is 12.6. The molecular formula is C12H22N2O5S. The fraction of sp³-hybridized carbons (Fsp3) is 0.833. The van der Waals surface area contributed by atoms with E-state index in [1.807, 2.05) is 6.92 Å². The summed E-state index contributed by atoms with van der Waals surface area (Å²) in [6, 6.07) is -1.23. The van der Waals surface area contributed by atoms with E-state index in [2.05, 4.69) is 5.32 Å². The number of nitrogens with zero attached hydrogens (tertiary/aromatic N) is 1.